The molecule has 2 heterocycles. The lowest BCUT2D eigenvalue weighted by Gasteiger charge is -2.07. The van der Waals surface area contributed by atoms with Gasteiger partial charge in [0.2, 0.25) is 0 Å². The number of aromatic amines is 1. The second-order valence-electron chi connectivity index (χ2n) is 6.75. The van der Waals surface area contributed by atoms with Crippen molar-refractivity contribution >= 4 is 22.9 Å². The molecule has 0 amide bonds. The van der Waals surface area contributed by atoms with Crippen LogP contribution in [0.2, 0.25) is 0 Å². The second-order valence-corrected chi connectivity index (χ2v) is 6.75. The van der Waals surface area contributed by atoms with E-state index in [1.54, 1.807) is 25.3 Å². The van der Waals surface area contributed by atoms with E-state index in [2.05, 4.69) is 19.9 Å². The number of carboxylic acids is 1. The fraction of sp³-hybridized carbons (Fsp3) is 0.300. The monoisotopic (exact) mass is 380 g/mol. The fourth-order valence-corrected chi connectivity index (χ4v) is 2.80. The Morgan fingerprint density at radius 3 is 2.54 bits per heavy atom. The summed E-state index contributed by atoms with van der Waals surface area (Å²) in [7, 11) is 0. The average molecular weight is 380 g/mol. The number of ketones is 1. The summed E-state index contributed by atoms with van der Waals surface area (Å²) < 4.78 is 0. The number of aryl methyl sites for hydroxylation is 3. The molecule has 0 saturated carbocycles. The van der Waals surface area contributed by atoms with Crippen molar-refractivity contribution in [3.63, 3.8) is 0 Å². The van der Waals surface area contributed by atoms with Crippen LogP contribution in [0.1, 0.15) is 40.8 Å². The number of nitrogens with one attached hydrogen (secondary N) is 1. The molecule has 1 atom stereocenters. The van der Waals surface area contributed by atoms with Gasteiger partial charge in [-0.1, -0.05) is 31.2 Å². The molecule has 28 heavy (non-hydrogen) atoms. The molecular weight excluding hydrogens is 360 g/mol. The van der Waals surface area contributed by atoms with Gasteiger partial charge in [-0.2, -0.15) is 0 Å². The van der Waals surface area contributed by atoms with Gasteiger partial charge in [0.05, 0.1) is 17.8 Å². The minimum atomic E-state index is -0.981. The molecule has 0 saturated heterocycles. The van der Waals surface area contributed by atoms with E-state index in [1.807, 2.05) is 12.1 Å². The Morgan fingerprint density at radius 2 is 1.86 bits per heavy atom. The molecule has 3 aromatic rings. The van der Waals surface area contributed by atoms with Crippen LogP contribution in [0.3, 0.4) is 0 Å². The van der Waals surface area contributed by atoms with Crippen molar-refractivity contribution < 1.29 is 14.7 Å². The number of hydrogen-bond acceptors (Lipinski definition) is 6. The SMILES string of the molecule is Cc1nc2ncc(CCc3ccc(C(=O)C[C@@H](C)C(=O)O)cc3)nc2c(=O)[nH]1. The first-order chi connectivity index (χ1) is 13.3. The van der Waals surface area contributed by atoms with Gasteiger partial charge in [-0.15, -0.1) is 0 Å². The smallest absolute Gasteiger partial charge is 0.306 e. The van der Waals surface area contributed by atoms with E-state index in [-0.39, 0.29) is 23.3 Å². The van der Waals surface area contributed by atoms with Crippen LogP contribution in [-0.2, 0) is 17.6 Å². The Labute approximate surface area is 160 Å². The summed E-state index contributed by atoms with van der Waals surface area (Å²) >= 11 is 0. The molecule has 8 heteroatoms. The minimum Gasteiger partial charge on any atom is -0.481 e. The number of aromatic nitrogens is 4. The highest BCUT2D eigenvalue weighted by atomic mass is 16.4. The number of fused-ring (bicyclic) bond motifs is 1. The Kier molecular flexibility index (Phi) is 5.58. The van der Waals surface area contributed by atoms with Gasteiger partial charge in [0.25, 0.3) is 5.56 Å². The third kappa shape index (κ3) is 4.46. The maximum absolute atomic E-state index is 12.1. The van der Waals surface area contributed by atoms with Crippen LogP contribution in [0.4, 0.5) is 0 Å². The van der Waals surface area contributed by atoms with Gasteiger partial charge in [0.15, 0.2) is 16.9 Å². The first-order valence-corrected chi connectivity index (χ1v) is 8.91. The average Bonchev–Trinajstić information content (AvgIpc) is 2.66. The number of nitrogens with zero attached hydrogens (tertiary/aromatic N) is 3. The number of benzene rings is 1. The molecule has 3 rings (SSSR count). The van der Waals surface area contributed by atoms with Crippen LogP contribution < -0.4 is 5.56 Å². The van der Waals surface area contributed by atoms with Crippen LogP contribution >= 0.6 is 0 Å². The van der Waals surface area contributed by atoms with Crippen molar-refractivity contribution in [2.75, 3.05) is 0 Å². The number of hydrogen-bond donors (Lipinski definition) is 2. The van der Waals surface area contributed by atoms with Crippen LogP contribution in [0, 0.1) is 12.8 Å². The van der Waals surface area contributed by atoms with Crippen molar-refractivity contribution in [3.8, 4) is 0 Å². The zero-order chi connectivity index (χ0) is 20.3. The van der Waals surface area contributed by atoms with Gasteiger partial charge in [0, 0.05) is 12.0 Å². The molecular formula is C20H20N4O4. The highest BCUT2D eigenvalue weighted by Gasteiger charge is 2.17. The maximum atomic E-state index is 12.1. The lowest BCUT2D eigenvalue weighted by molar-refractivity contribution is -0.141. The van der Waals surface area contributed by atoms with Crippen molar-refractivity contribution in [1.29, 1.82) is 0 Å². The van der Waals surface area contributed by atoms with E-state index in [0.717, 1.165) is 5.56 Å². The van der Waals surface area contributed by atoms with E-state index in [1.165, 1.54) is 6.92 Å². The van der Waals surface area contributed by atoms with Crippen LogP contribution in [0.5, 0.6) is 0 Å². The van der Waals surface area contributed by atoms with Crippen LogP contribution in [-0.4, -0.2) is 36.8 Å². The second kappa shape index (κ2) is 8.08. The van der Waals surface area contributed by atoms with E-state index < -0.39 is 11.9 Å². The summed E-state index contributed by atoms with van der Waals surface area (Å²) in [6.07, 6.45) is 2.83. The molecule has 0 bridgehead atoms. The van der Waals surface area contributed by atoms with Gasteiger partial charge in [-0.3, -0.25) is 14.4 Å². The largest absolute Gasteiger partial charge is 0.481 e. The van der Waals surface area contributed by atoms with Gasteiger partial charge in [-0.05, 0) is 25.3 Å². The molecule has 0 aliphatic carbocycles. The number of rotatable bonds is 7. The van der Waals surface area contributed by atoms with E-state index >= 15 is 0 Å². The zero-order valence-corrected chi connectivity index (χ0v) is 15.6. The van der Waals surface area contributed by atoms with E-state index in [4.69, 9.17) is 5.11 Å². The van der Waals surface area contributed by atoms with Gasteiger partial charge in [-0.25, -0.2) is 15.0 Å². The first-order valence-electron chi connectivity index (χ1n) is 8.91. The molecule has 8 nitrogen and oxygen atoms in total. The van der Waals surface area contributed by atoms with E-state index in [0.29, 0.717) is 35.6 Å². The topological polar surface area (TPSA) is 126 Å². The maximum Gasteiger partial charge on any atom is 0.306 e. The summed E-state index contributed by atoms with van der Waals surface area (Å²) in [5.74, 6) is -1.39. The molecule has 0 aliphatic rings. The molecule has 1 aromatic carbocycles. The Morgan fingerprint density at radius 1 is 1.14 bits per heavy atom. The van der Waals surface area contributed by atoms with Crippen LogP contribution in [0.25, 0.3) is 11.2 Å². The number of carbonyl (C=O) groups is 2. The van der Waals surface area contributed by atoms with Crippen molar-refractivity contribution in [1.82, 2.24) is 19.9 Å². The Balaban J connectivity index is 1.66. The zero-order valence-electron chi connectivity index (χ0n) is 15.6. The highest BCUT2D eigenvalue weighted by molar-refractivity contribution is 5.97. The summed E-state index contributed by atoms with van der Waals surface area (Å²) in [6.45, 7) is 3.20. The first kappa shape index (κ1) is 19.3. The number of Topliss-reactive ketones (excluding diaryl/α,β-unsaturated/α-hetero) is 1. The minimum absolute atomic E-state index is 0.0244. The summed E-state index contributed by atoms with van der Waals surface area (Å²) in [6, 6.07) is 7.08. The molecule has 2 N–H and O–H groups in total. The molecule has 0 unspecified atom stereocenters. The third-order valence-electron chi connectivity index (χ3n) is 4.45. The lowest BCUT2D eigenvalue weighted by atomic mass is 9.98. The quantitative estimate of drug-likeness (QED) is 0.601. The Bertz CT molecular complexity index is 1090. The highest BCUT2D eigenvalue weighted by Crippen LogP contribution is 2.13. The van der Waals surface area contributed by atoms with Gasteiger partial charge in [0.1, 0.15) is 5.82 Å². The number of aliphatic carboxylic acids is 1. The predicted octanol–water partition coefficient (Wildman–Crippen LogP) is 2.10. The van der Waals surface area contributed by atoms with Crippen molar-refractivity contribution in [2.45, 2.75) is 33.1 Å². The summed E-state index contributed by atoms with van der Waals surface area (Å²) in [5.41, 5.74) is 2.41. The summed E-state index contributed by atoms with van der Waals surface area (Å²) in [5, 5.41) is 8.91. The lowest BCUT2D eigenvalue weighted by Crippen LogP contribution is -2.14. The Hall–Kier alpha value is -3.42. The molecule has 0 fully saturated rings. The van der Waals surface area contributed by atoms with Crippen LogP contribution in [0.15, 0.2) is 35.3 Å². The summed E-state index contributed by atoms with van der Waals surface area (Å²) in [4.78, 5) is 50.3. The third-order valence-corrected chi connectivity index (χ3v) is 4.45. The molecule has 0 spiro atoms. The van der Waals surface area contributed by atoms with Gasteiger partial charge >= 0.3 is 5.97 Å². The molecule has 0 aliphatic heterocycles. The predicted molar refractivity (Wildman–Crippen MR) is 102 cm³/mol. The molecule has 0 radical (unpaired) electrons. The standard InChI is InChI=1S/C20H20N4O4/c1-11(20(27)28)9-16(25)14-6-3-13(4-7-14)5-8-15-10-21-18-17(24-15)19(26)23-12(2)22-18/h3-4,6-7,10-11H,5,8-9H2,1-2H3,(H,27,28)(H,21,22,23,26)/t11-/m1/s1. The number of carboxylic acid groups (broad SMARTS) is 1. The molecule has 144 valence electrons. The number of carbonyl (C=O) groups excluding carboxylic acids is 1. The van der Waals surface area contributed by atoms with Crippen molar-refractivity contribution in [3.05, 3.63) is 63.5 Å². The number of H-pyrrole nitrogens is 1. The van der Waals surface area contributed by atoms with Gasteiger partial charge < -0.3 is 10.1 Å². The fourth-order valence-electron chi connectivity index (χ4n) is 2.80. The molecule has 2 aromatic heterocycles. The normalized spacial score (nSPS) is 12.1. The van der Waals surface area contributed by atoms with E-state index in [9.17, 15) is 14.4 Å². The van der Waals surface area contributed by atoms with Crippen molar-refractivity contribution in [2.24, 2.45) is 5.92 Å².